The maximum atomic E-state index is 12.9. The Hall–Kier alpha value is -3.47. The highest BCUT2D eigenvalue weighted by atomic mass is 16.3. The molecule has 4 rings (SSSR count). The van der Waals surface area contributed by atoms with Crippen molar-refractivity contribution in [3.8, 4) is 11.4 Å². The maximum Gasteiger partial charge on any atom is 0.198 e. The molecule has 0 aliphatic heterocycles. The lowest BCUT2D eigenvalue weighted by atomic mass is 10.0. The molecule has 5 nitrogen and oxygen atoms in total. The zero-order chi connectivity index (χ0) is 19.1. The molecule has 0 aliphatic rings. The van der Waals surface area contributed by atoms with E-state index < -0.39 is 0 Å². The normalized spacial score (nSPS) is 11.1. The Labute approximate surface area is 156 Å². The monoisotopic (exact) mass is 357 g/mol. The smallest absolute Gasteiger partial charge is 0.198 e. The molecule has 0 spiro atoms. The zero-order valence-corrected chi connectivity index (χ0v) is 15.4. The minimum absolute atomic E-state index is 0.0298. The van der Waals surface area contributed by atoms with E-state index in [1.807, 2.05) is 45.0 Å². The van der Waals surface area contributed by atoms with E-state index in [-0.39, 0.29) is 17.1 Å². The third-order valence-electron chi connectivity index (χ3n) is 4.64. The average Bonchev–Trinajstić information content (AvgIpc) is 3.00. The summed E-state index contributed by atoms with van der Waals surface area (Å²) in [6.45, 7) is 5.81. The van der Waals surface area contributed by atoms with Crippen molar-refractivity contribution in [2.24, 2.45) is 0 Å². The Kier molecular flexibility index (Phi) is 4.00. The van der Waals surface area contributed by atoms with Crippen LogP contribution in [0.2, 0.25) is 0 Å². The van der Waals surface area contributed by atoms with Crippen molar-refractivity contribution < 1.29 is 9.90 Å². The summed E-state index contributed by atoms with van der Waals surface area (Å²) in [5.41, 5.74) is 5.19. The van der Waals surface area contributed by atoms with Crippen molar-refractivity contribution in [2.45, 2.75) is 20.8 Å². The summed E-state index contributed by atoms with van der Waals surface area (Å²) in [5.74, 6) is -0.286. The van der Waals surface area contributed by atoms with Crippen LogP contribution < -0.4 is 0 Å². The van der Waals surface area contributed by atoms with Gasteiger partial charge in [0.15, 0.2) is 11.4 Å². The van der Waals surface area contributed by atoms with Crippen LogP contribution in [-0.2, 0) is 0 Å². The molecule has 0 aliphatic carbocycles. The molecule has 0 saturated heterocycles. The molecule has 134 valence electrons. The molecular weight excluding hydrogens is 338 g/mol. The number of nitrogens with zero attached hydrogens (tertiary/aromatic N) is 3. The van der Waals surface area contributed by atoms with E-state index in [9.17, 15) is 9.90 Å². The van der Waals surface area contributed by atoms with Gasteiger partial charge in [0.25, 0.3) is 0 Å². The highest BCUT2D eigenvalue weighted by Crippen LogP contribution is 2.25. The van der Waals surface area contributed by atoms with E-state index in [1.54, 1.807) is 22.9 Å². The molecule has 0 radical (unpaired) electrons. The lowest BCUT2D eigenvalue weighted by Crippen LogP contribution is -2.04. The Balaban J connectivity index is 1.81. The Morgan fingerprint density at radius 3 is 2.41 bits per heavy atom. The van der Waals surface area contributed by atoms with E-state index in [2.05, 4.69) is 10.1 Å². The van der Waals surface area contributed by atoms with Gasteiger partial charge in [-0.15, -0.1) is 0 Å². The Bertz CT molecular complexity index is 1170. The Morgan fingerprint density at radius 1 is 0.963 bits per heavy atom. The van der Waals surface area contributed by atoms with Crippen molar-refractivity contribution >= 4 is 16.8 Å². The number of carbonyl (C=O) groups is 1. The number of rotatable bonds is 3. The lowest BCUT2D eigenvalue weighted by Gasteiger charge is -2.06. The van der Waals surface area contributed by atoms with Gasteiger partial charge in [-0.05, 0) is 51.1 Å². The van der Waals surface area contributed by atoms with Crippen LogP contribution in [0.15, 0.2) is 54.7 Å². The first-order chi connectivity index (χ1) is 12.9. The number of pyridine rings is 1. The first kappa shape index (κ1) is 17.0. The second-order valence-electron chi connectivity index (χ2n) is 6.78. The van der Waals surface area contributed by atoms with Crippen LogP contribution in [0, 0.1) is 20.8 Å². The molecule has 0 fully saturated rings. The standard InChI is InChI=1S/C22H19N3O2/c1-13-4-7-17(8-5-13)25-22-18(15(3)24-25)11-16(12-23-22)21(27)19-10-14(2)6-9-20(19)26/h4-12,26H,1-3H3. The van der Waals surface area contributed by atoms with Crippen molar-refractivity contribution in [1.29, 1.82) is 0 Å². The first-order valence-electron chi connectivity index (χ1n) is 8.71. The van der Waals surface area contributed by atoms with Crippen molar-refractivity contribution in [1.82, 2.24) is 14.8 Å². The number of hydrogen-bond donors (Lipinski definition) is 1. The van der Waals surface area contributed by atoms with Gasteiger partial charge in [0.1, 0.15) is 5.75 Å². The minimum Gasteiger partial charge on any atom is -0.507 e. The van der Waals surface area contributed by atoms with Gasteiger partial charge in [-0.25, -0.2) is 9.67 Å². The molecule has 0 unspecified atom stereocenters. The van der Waals surface area contributed by atoms with Crippen LogP contribution in [-0.4, -0.2) is 25.7 Å². The largest absolute Gasteiger partial charge is 0.507 e. The highest BCUT2D eigenvalue weighted by Gasteiger charge is 2.17. The van der Waals surface area contributed by atoms with Crippen molar-refractivity contribution in [3.63, 3.8) is 0 Å². The number of aromatic nitrogens is 3. The third-order valence-corrected chi connectivity index (χ3v) is 4.64. The molecule has 1 N–H and O–H groups in total. The van der Waals surface area contributed by atoms with E-state index in [0.29, 0.717) is 11.2 Å². The van der Waals surface area contributed by atoms with Gasteiger partial charge >= 0.3 is 0 Å². The predicted octanol–water partition coefficient (Wildman–Crippen LogP) is 4.28. The number of phenols is 1. The lowest BCUT2D eigenvalue weighted by molar-refractivity contribution is 0.103. The van der Waals surface area contributed by atoms with E-state index in [1.165, 1.54) is 17.8 Å². The summed E-state index contributed by atoms with van der Waals surface area (Å²) in [4.78, 5) is 17.4. The average molecular weight is 357 g/mol. The molecule has 5 heteroatoms. The van der Waals surface area contributed by atoms with E-state index >= 15 is 0 Å². The number of phenolic OH excluding ortho intramolecular Hbond substituents is 1. The van der Waals surface area contributed by atoms with Crippen LogP contribution in [0.1, 0.15) is 32.7 Å². The predicted molar refractivity (Wildman–Crippen MR) is 105 cm³/mol. The van der Waals surface area contributed by atoms with Crippen LogP contribution in [0.3, 0.4) is 0 Å². The number of fused-ring (bicyclic) bond motifs is 1. The summed E-state index contributed by atoms with van der Waals surface area (Å²) >= 11 is 0. The van der Waals surface area contributed by atoms with Crippen molar-refractivity contribution in [2.75, 3.05) is 0 Å². The number of ketones is 1. The molecule has 0 amide bonds. The fourth-order valence-electron chi connectivity index (χ4n) is 3.12. The number of aromatic hydroxyl groups is 1. The van der Waals surface area contributed by atoms with Crippen LogP contribution >= 0.6 is 0 Å². The van der Waals surface area contributed by atoms with E-state index in [4.69, 9.17) is 0 Å². The maximum absolute atomic E-state index is 12.9. The number of benzene rings is 2. The van der Waals surface area contributed by atoms with Crippen LogP contribution in [0.5, 0.6) is 5.75 Å². The van der Waals surface area contributed by atoms with Gasteiger partial charge in [-0.2, -0.15) is 5.10 Å². The minimum atomic E-state index is -0.256. The molecule has 2 aromatic heterocycles. The quantitative estimate of drug-likeness (QED) is 0.556. The fraction of sp³-hybridized carbons (Fsp3) is 0.136. The third kappa shape index (κ3) is 2.97. The summed E-state index contributed by atoms with van der Waals surface area (Å²) < 4.78 is 1.78. The second-order valence-corrected chi connectivity index (χ2v) is 6.78. The molecule has 4 aromatic rings. The molecular formula is C22H19N3O2. The summed E-state index contributed by atoms with van der Waals surface area (Å²) in [6, 6.07) is 14.8. The highest BCUT2D eigenvalue weighted by molar-refractivity contribution is 6.11. The van der Waals surface area contributed by atoms with Gasteiger partial charge in [-0.3, -0.25) is 4.79 Å². The van der Waals surface area contributed by atoms with Gasteiger partial charge < -0.3 is 5.11 Å². The van der Waals surface area contributed by atoms with Crippen LogP contribution in [0.4, 0.5) is 0 Å². The Morgan fingerprint density at radius 2 is 1.67 bits per heavy atom. The first-order valence-corrected chi connectivity index (χ1v) is 8.71. The second kappa shape index (κ2) is 6.36. The van der Waals surface area contributed by atoms with Gasteiger partial charge in [0, 0.05) is 17.1 Å². The molecule has 0 atom stereocenters. The number of hydrogen-bond acceptors (Lipinski definition) is 4. The molecule has 2 aromatic carbocycles. The molecule has 0 bridgehead atoms. The number of aryl methyl sites for hydroxylation is 3. The van der Waals surface area contributed by atoms with Crippen molar-refractivity contribution in [3.05, 3.63) is 82.7 Å². The van der Waals surface area contributed by atoms with Gasteiger partial charge in [-0.1, -0.05) is 29.3 Å². The summed E-state index contributed by atoms with van der Waals surface area (Å²) in [6.07, 6.45) is 1.54. The topological polar surface area (TPSA) is 68.0 Å². The SMILES string of the molecule is Cc1ccc(-n2nc(C)c3cc(C(=O)c4cc(C)ccc4O)cnc32)cc1. The van der Waals surface area contributed by atoms with Crippen LogP contribution in [0.25, 0.3) is 16.7 Å². The van der Waals surface area contributed by atoms with Gasteiger partial charge in [0.05, 0.1) is 16.9 Å². The molecule has 0 saturated carbocycles. The summed E-state index contributed by atoms with van der Waals surface area (Å²) in [5, 5.41) is 15.5. The summed E-state index contributed by atoms with van der Waals surface area (Å²) in [7, 11) is 0. The molecule has 2 heterocycles. The van der Waals surface area contributed by atoms with Gasteiger partial charge in [0.2, 0.25) is 0 Å². The molecule has 27 heavy (non-hydrogen) atoms. The number of carbonyl (C=O) groups excluding carboxylic acids is 1. The van der Waals surface area contributed by atoms with E-state index in [0.717, 1.165) is 22.3 Å². The fourth-order valence-corrected chi connectivity index (χ4v) is 3.12. The zero-order valence-electron chi connectivity index (χ0n) is 15.4.